The van der Waals surface area contributed by atoms with E-state index in [4.69, 9.17) is 38.4 Å². The lowest BCUT2D eigenvalue weighted by atomic mass is 10.1. The van der Waals surface area contributed by atoms with Crippen LogP contribution in [0.2, 0.25) is 0 Å². The van der Waals surface area contributed by atoms with E-state index in [1.54, 1.807) is 54.9 Å². The molecule has 0 spiro atoms. The number of rotatable bonds is 6. The van der Waals surface area contributed by atoms with Crippen LogP contribution in [0.4, 0.5) is 5.69 Å². The maximum Gasteiger partial charge on any atom is 0.311 e. The molecule has 1 heterocycles. The fourth-order valence-electron chi connectivity index (χ4n) is 3.67. The molecule has 6 nitrogen and oxygen atoms in total. The summed E-state index contributed by atoms with van der Waals surface area (Å²) < 4.78 is 11.4. The third-order valence-corrected chi connectivity index (χ3v) is 5.90. The fourth-order valence-corrected chi connectivity index (χ4v) is 3.95. The van der Waals surface area contributed by atoms with Crippen molar-refractivity contribution in [2.75, 3.05) is 5.73 Å². The van der Waals surface area contributed by atoms with E-state index < -0.39 is 12.1 Å². The summed E-state index contributed by atoms with van der Waals surface area (Å²) in [5.41, 5.74) is 6.24. The van der Waals surface area contributed by atoms with Gasteiger partial charge in [-0.15, -0.1) is 0 Å². The number of nitrogen functional groups attached to an aromatic ring is 1. The number of para-hydroxylation sites is 1. The van der Waals surface area contributed by atoms with Crippen LogP contribution in [0.25, 0.3) is 0 Å². The van der Waals surface area contributed by atoms with Crippen molar-refractivity contribution in [1.82, 2.24) is 4.98 Å². The summed E-state index contributed by atoms with van der Waals surface area (Å²) in [5.74, 6) is 0.289. The van der Waals surface area contributed by atoms with E-state index >= 15 is 0 Å². The van der Waals surface area contributed by atoms with Crippen LogP contribution in [-0.2, 0) is 9.53 Å². The molecule has 0 radical (unpaired) electrons. The predicted octanol–water partition coefficient (Wildman–Crippen LogP) is 6.84. The molecular weight excluding hydrogens is 485 g/mol. The summed E-state index contributed by atoms with van der Waals surface area (Å²) in [7, 11) is 0. The molecule has 1 aromatic heterocycles. The average Bonchev–Trinajstić information content (AvgIpc) is 3.37. The summed E-state index contributed by atoms with van der Waals surface area (Å²) in [6, 6.07) is 21.9. The van der Waals surface area contributed by atoms with Crippen LogP contribution in [0, 0.1) is 28.6 Å². The maximum absolute atomic E-state index is 12.6. The number of carbonyl (C=O) groups excluding carboxylic acids is 1. The van der Waals surface area contributed by atoms with Crippen molar-refractivity contribution in [3.8, 4) is 17.6 Å². The molecular formula is C27H25Cl2N3O3. The number of esters is 1. The van der Waals surface area contributed by atoms with Gasteiger partial charge in [0.15, 0.2) is 0 Å². The van der Waals surface area contributed by atoms with Crippen molar-refractivity contribution in [2.24, 2.45) is 17.3 Å². The van der Waals surface area contributed by atoms with Gasteiger partial charge in [-0.3, -0.25) is 9.78 Å². The molecule has 0 saturated heterocycles. The Morgan fingerprint density at radius 2 is 1.83 bits per heavy atom. The number of nitrogens with zero attached hydrogens (tertiary/aromatic N) is 2. The van der Waals surface area contributed by atoms with Crippen LogP contribution >= 0.6 is 23.2 Å². The van der Waals surface area contributed by atoms with Crippen molar-refractivity contribution in [2.45, 2.75) is 20.0 Å². The number of allylic oxidation sites excluding steroid dienone is 1. The molecule has 1 aliphatic carbocycles. The molecule has 2 N–H and O–H groups in total. The molecule has 0 amide bonds. The predicted molar refractivity (Wildman–Crippen MR) is 137 cm³/mol. The highest BCUT2D eigenvalue weighted by atomic mass is 35.5. The lowest BCUT2D eigenvalue weighted by Gasteiger charge is -2.13. The molecule has 1 fully saturated rings. The van der Waals surface area contributed by atoms with Gasteiger partial charge in [-0.2, -0.15) is 5.26 Å². The molecule has 0 bridgehead atoms. The Morgan fingerprint density at radius 1 is 1.11 bits per heavy atom. The number of hydrogen-bond donors (Lipinski definition) is 1. The van der Waals surface area contributed by atoms with Gasteiger partial charge < -0.3 is 15.2 Å². The Labute approximate surface area is 214 Å². The van der Waals surface area contributed by atoms with Gasteiger partial charge in [0.05, 0.1) is 11.6 Å². The van der Waals surface area contributed by atoms with Crippen molar-refractivity contribution in [3.63, 3.8) is 0 Å². The van der Waals surface area contributed by atoms with E-state index in [1.165, 1.54) is 0 Å². The lowest BCUT2D eigenvalue weighted by molar-refractivity contribution is -0.149. The van der Waals surface area contributed by atoms with E-state index in [0.29, 0.717) is 22.7 Å². The fraction of sp³-hybridized carbons (Fsp3) is 0.222. The first-order valence-electron chi connectivity index (χ1n) is 10.8. The van der Waals surface area contributed by atoms with E-state index in [2.05, 4.69) is 4.98 Å². The average molecular weight is 510 g/mol. The summed E-state index contributed by atoms with van der Waals surface area (Å²) in [4.78, 5) is 16.4. The molecule has 3 atom stereocenters. The van der Waals surface area contributed by atoms with E-state index in [0.717, 1.165) is 0 Å². The molecule has 8 heteroatoms. The topological polar surface area (TPSA) is 98.2 Å². The number of carbonyl (C=O) groups is 1. The molecule has 2 aromatic carbocycles. The van der Waals surface area contributed by atoms with Crippen molar-refractivity contribution in [3.05, 3.63) is 95.3 Å². The minimum absolute atomic E-state index is 0.114. The first kappa shape index (κ1) is 26.1. The molecule has 1 saturated carbocycles. The molecule has 3 unspecified atom stereocenters. The van der Waals surface area contributed by atoms with E-state index in [1.807, 2.05) is 50.2 Å². The molecule has 3 aromatic rings. The summed E-state index contributed by atoms with van der Waals surface area (Å²) in [6.45, 7) is 3.87. The molecule has 180 valence electrons. The van der Waals surface area contributed by atoms with Gasteiger partial charge in [0.1, 0.15) is 22.1 Å². The monoisotopic (exact) mass is 509 g/mol. The standard InChI is InChI=1S/C22H19Cl2NO3.C5H6N2/c1-22(2)17(12-19(23)24)20(22)21(26)28-18(13-25)14-7-6-10-16(11-14)27-15-8-4-3-5-9-15;6-5-2-1-3-7-4-5/h3-12,17-18,20H,1-2H3;1-4H,6H2. The number of aromatic nitrogens is 1. The van der Waals surface area contributed by atoms with Crippen LogP contribution in [0.5, 0.6) is 11.5 Å². The van der Waals surface area contributed by atoms with Crippen LogP contribution < -0.4 is 10.5 Å². The zero-order valence-corrected chi connectivity index (χ0v) is 20.8. The first-order chi connectivity index (χ1) is 16.7. The normalized spacial score (nSPS) is 18.0. The van der Waals surface area contributed by atoms with Gasteiger partial charge in [0.2, 0.25) is 6.10 Å². The number of nitriles is 1. The molecule has 35 heavy (non-hydrogen) atoms. The third kappa shape index (κ3) is 7.22. The number of nitrogens with two attached hydrogens (primary N) is 1. The van der Waals surface area contributed by atoms with Gasteiger partial charge in [0, 0.05) is 18.0 Å². The van der Waals surface area contributed by atoms with Gasteiger partial charge in [-0.25, -0.2) is 0 Å². The Kier molecular flexibility index (Phi) is 8.75. The number of benzene rings is 2. The SMILES string of the molecule is CC1(C)C(C=C(Cl)Cl)C1C(=O)OC(C#N)c1cccc(Oc2ccccc2)c1.Nc1cccnc1. The second kappa shape index (κ2) is 11.7. The number of hydrogen-bond acceptors (Lipinski definition) is 6. The number of halogens is 2. The van der Waals surface area contributed by atoms with E-state index in [-0.39, 0.29) is 21.7 Å². The minimum atomic E-state index is -1.03. The number of anilines is 1. The quantitative estimate of drug-likeness (QED) is 0.365. The Hall–Kier alpha value is -3.53. The van der Waals surface area contributed by atoms with Crippen molar-refractivity contribution < 1.29 is 14.3 Å². The second-order valence-electron chi connectivity index (χ2n) is 8.50. The van der Waals surface area contributed by atoms with Crippen molar-refractivity contribution >= 4 is 34.9 Å². The minimum Gasteiger partial charge on any atom is -0.457 e. The summed E-state index contributed by atoms with van der Waals surface area (Å²) in [5, 5.41) is 9.53. The highest BCUT2D eigenvalue weighted by molar-refractivity contribution is 6.55. The molecule has 1 aliphatic rings. The third-order valence-electron chi connectivity index (χ3n) is 5.65. The van der Waals surface area contributed by atoms with Gasteiger partial charge >= 0.3 is 5.97 Å². The highest BCUT2D eigenvalue weighted by Crippen LogP contribution is 2.60. The van der Waals surface area contributed by atoms with Crippen molar-refractivity contribution in [1.29, 1.82) is 5.26 Å². The Balaban J connectivity index is 0.000000420. The smallest absolute Gasteiger partial charge is 0.311 e. The Morgan fingerprint density at radius 3 is 2.40 bits per heavy atom. The lowest BCUT2D eigenvalue weighted by Crippen LogP contribution is -2.14. The van der Waals surface area contributed by atoms with Crippen LogP contribution in [-0.4, -0.2) is 11.0 Å². The number of pyridine rings is 1. The van der Waals surface area contributed by atoms with Crippen LogP contribution in [0.15, 0.2) is 89.7 Å². The van der Waals surface area contributed by atoms with Crippen LogP contribution in [0.1, 0.15) is 25.5 Å². The second-order valence-corrected chi connectivity index (χ2v) is 9.51. The number of ether oxygens (including phenoxy) is 2. The highest BCUT2D eigenvalue weighted by Gasteiger charge is 2.62. The zero-order chi connectivity index (χ0) is 25.4. The summed E-state index contributed by atoms with van der Waals surface area (Å²) >= 11 is 11.5. The Bertz CT molecular complexity index is 1210. The molecule has 4 rings (SSSR count). The zero-order valence-electron chi connectivity index (χ0n) is 19.3. The van der Waals surface area contributed by atoms with E-state index in [9.17, 15) is 10.1 Å². The van der Waals surface area contributed by atoms with Gasteiger partial charge in [-0.05, 0) is 53.8 Å². The van der Waals surface area contributed by atoms with Gasteiger partial charge in [-0.1, -0.05) is 67.4 Å². The van der Waals surface area contributed by atoms with Crippen LogP contribution in [0.3, 0.4) is 0 Å². The molecule has 0 aliphatic heterocycles. The summed E-state index contributed by atoms with van der Waals surface area (Å²) in [6.07, 6.45) is 3.92. The first-order valence-corrected chi connectivity index (χ1v) is 11.6. The van der Waals surface area contributed by atoms with Gasteiger partial charge in [0.25, 0.3) is 0 Å². The largest absolute Gasteiger partial charge is 0.457 e. The maximum atomic E-state index is 12.6.